The maximum absolute atomic E-state index is 11.8. The third-order valence-electron chi connectivity index (χ3n) is 2.95. The summed E-state index contributed by atoms with van der Waals surface area (Å²) in [5.41, 5.74) is 0. The van der Waals surface area contributed by atoms with Crippen LogP contribution in [0.2, 0.25) is 0 Å². The third kappa shape index (κ3) is 3.43. The minimum atomic E-state index is -0.0572. The molecule has 1 amide bonds. The molecule has 0 bridgehead atoms. The number of rotatable bonds is 4. The summed E-state index contributed by atoms with van der Waals surface area (Å²) in [6, 6.07) is -0.0572. The molecule has 1 fully saturated rings. The van der Waals surface area contributed by atoms with Crippen molar-refractivity contribution in [3.05, 3.63) is 0 Å². The van der Waals surface area contributed by atoms with Crippen LogP contribution in [0, 0.1) is 0 Å². The van der Waals surface area contributed by atoms with Crippen LogP contribution in [0.1, 0.15) is 6.92 Å². The molecule has 5 heteroatoms. The Kier molecular flexibility index (Phi) is 5.18. The minimum absolute atomic E-state index is 0.0572. The maximum Gasteiger partial charge on any atom is 0.239 e. The van der Waals surface area contributed by atoms with Crippen LogP contribution in [0.4, 0.5) is 0 Å². The zero-order valence-electron chi connectivity index (χ0n) is 10.7. The number of hydrogen-bond donors (Lipinski definition) is 1. The Labute approximate surface area is 97.7 Å². The van der Waals surface area contributed by atoms with Crippen LogP contribution in [0.15, 0.2) is 0 Å². The molecule has 1 N–H and O–H groups in total. The van der Waals surface area contributed by atoms with E-state index in [1.54, 1.807) is 19.0 Å². The van der Waals surface area contributed by atoms with E-state index >= 15 is 0 Å². The number of carbonyl (C=O) groups excluding carboxylic acids is 1. The molecule has 0 saturated carbocycles. The normalized spacial score (nSPS) is 24.1. The van der Waals surface area contributed by atoms with Gasteiger partial charge in [-0.15, -0.1) is 0 Å². The van der Waals surface area contributed by atoms with Gasteiger partial charge in [0.1, 0.15) is 0 Å². The van der Waals surface area contributed by atoms with E-state index < -0.39 is 0 Å². The van der Waals surface area contributed by atoms with Crippen molar-refractivity contribution < 1.29 is 9.53 Å². The highest BCUT2D eigenvalue weighted by atomic mass is 16.5. The average molecular weight is 229 g/mol. The monoisotopic (exact) mass is 229 g/mol. The first-order chi connectivity index (χ1) is 7.56. The second-order valence-corrected chi connectivity index (χ2v) is 4.45. The highest BCUT2D eigenvalue weighted by molar-refractivity contribution is 5.80. The fourth-order valence-electron chi connectivity index (χ4n) is 1.97. The van der Waals surface area contributed by atoms with Gasteiger partial charge in [0, 0.05) is 33.7 Å². The lowest BCUT2D eigenvalue weighted by Gasteiger charge is -2.36. The van der Waals surface area contributed by atoms with Gasteiger partial charge in [0.15, 0.2) is 0 Å². The lowest BCUT2D eigenvalue weighted by Crippen LogP contribution is -2.53. The number of likely N-dealkylation sites (N-methyl/N-ethyl adjacent to an activating group) is 2. The number of carbonyl (C=O) groups is 1. The highest BCUT2D eigenvalue weighted by Gasteiger charge is 2.28. The summed E-state index contributed by atoms with van der Waals surface area (Å²) in [4.78, 5) is 15.7. The van der Waals surface area contributed by atoms with Crippen LogP contribution in [-0.4, -0.2) is 75.2 Å². The molecule has 5 nitrogen and oxygen atoms in total. The summed E-state index contributed by atoms with van der Waals surface area (Å²) in [6.45, 7) is 5.16. The summed E-state index contributed by atoms with van der Waals surface area (Å²) in [5.74, 6) is 0.158. The first-order valence-electron chi connectivity index (χ1n) is 5.77. The van der Waals surface area contributed by atoms with E-state index in [-0.39, 0.29) is 18.1 Å². The first kappa shape index (κ1) is 13.4. The van der Waals surface area contributed by atoms with Crippen molar-refractivity contribution in [1.82, 2.24) is 15.1 Å². The van der Waals surface area contributed by atoms with Gasteiger partial charge in [0.2, 0.25) is 5.91 Å². The zero-order chi connectivity index (χ0) is 12.1. The topological polar surface area (TPSA) is 44.8 Å². The first-order valence-corrected chi connectivity index (χ1v) is 5.77. The summed E-state index contributed by atoms with van der Waals surface area (Å²) in [6.07, 6.45) is 0.191. The number of nitrogens with one attached hydrogen (secondary N) is 1. The summed E-state index contributed by atoms with van der Waals surface area (Å²) in [7, 11) is 5.51. The van der Waals surface area contributed by atoms with E-state index in [2.05, 4.69) is 10.2 Å². The minimum Gasteiger partial charge on any atom is -0.374 e. The van der Waals surface area contributed by atoms with Gasteiger partial charge in [-0.2, -0.15) is 0 Å². The zero-order valence-corrected chi connectivity index (χ0v) is 10.7. The molecule has 1 rings (SSSR count). The summed E-state index contributed by atoms with van der Waals surface area (Å²) < 4.78 is 5.61. The molecule has 94 valence electrons. The van der Waals surface area contributed by atoms with Crippen molar-refractivity contribution in [1.29, 1.82) is 0 Å². The van der Waals surface area contributed by atoms with Crippen molar-refractivity contribution in [2.24, 2.45) is 0 Å². The smallest absolute Gasteiger partial charge is 0.239 e. The predicted molar refractivity (Wildman–Crippen MR) is 63.4 cm³/mol. The number of ether oxygens (including phenoxy) is 1. The highest BCUT2D eigenvalue weighted by Crippen LogP contribution is 2.09. The molecule has 2 unspecified atom stereocenters. The predicted octanol–water partition coefficient (Wildman–Crippen LogP) is -0.617. The Hall–Kier alpha value is -0.650. The van der Waals surface area contributed by atoms with Crippen molar-refractivity contribution in [2.45, 2.75) is 19.1 Å². The fraction of sp³-hybridized carbons (Fsp3) is 0.909. The molecule has 0 aliphatic carbocycles. The Morgan fingerprint density at radius 2 is 2.31 bits per heavy atom. The lowest BCUT2D eigenvalue weighted by molar-refractivity contribution is -0.136. The second kappa shape index (κ2) is 6.18. The summed E-state index contributed by atoms with van der Waals surface area (Å²) >= 11 is 0. The van der Waals surface area contributed by atoms with Gasteiger partial charge in [0.25, 0.3) is 0 Å². The molecule has 0 aromatic rings. The molecule has 2 atom stereocenters. The van der Waals surface area contributed by atoms with Crippen LogP contribution >= 0.6 is 0 Å². The average Bonchev–Trinajstić information content (AvgIpc) is 2.28. The van der Waals surface area contributed by atoms with E-state index in [1.807, 2.05) is 14.0 Å². The van der Waals surface area contributed by atoms with Gasteiger partial charge in [-0.1, -0.05) is 0 Å². The van der Waals surface area contributed by atoms with Crippen molar-refractivity contribution >= 4 is 5.91 Å². The molecule has 16 heavy (non-hydrogen) atoms. The van der Waals surface area contributed by atoms with E-state index in [4.69, 9.17) is 4.74 Å². The van der Waals surface area contributed by atoms with Crippen LogP contribution in [0.3, 0.4) is 0 Å². The van der Waals surface area contributed by atoms with Gasteiger partial charge >= 0.3 is 0 Å². The lowest BCUT2D eigenvalue weighted by atomic mass is 10.2. The number of nitrogens with zero attached hydrogens (tertiary/aromatic N) is 2. The van der Waals surface area contributed by atoms with Gasteiger partial charge in [-0.25, -0.2) is 0 Å². The van der Waals surface area contributed by atoms with Crippen molar-refractivity contribution in [2.75, 3.05) is 47.4 Å². The van der Waals surface area contributed by atoms with Gasteiger partial charge in [-0.05, 0) is 14.0 Å². The Bertz CT molecular complexity index is 231. The second-order valence-electron chi connectivity index (χ2n) is 4.45. The molecule has 0 radical (unpaired) electrons. The van der Waals surface area contributed by atoms with E-state index in [9.17, 15) is 4.79 Å². The van der Waals surface area contributed by atoms with Crippen LogP contribution in [-0.2, 0) is 9.53 Å². The molecule has 1 aliphatic heterocycles. The molecule has 1 saturated heterocycles. The Morgan fingerprint density at radius 1 is 1.62 bits per heavy atom. The molecule has 1 aliphatic rings. The maximum atomic E-state index is 11.8. The fourth-order valence-corrected chi connectivity index (χ4v) is 1.97. The van der Waals surface area contributed by atoms with E-state index in [0.29, 0.717) is 6.61 Å². The molecule has 1 heterocycles. The third-order valence-corrected chi connectivity index (χ3v) is 2.95. The van der Waals surface area contributed by atoms with Crippen LogP contribution in [0.5, 0.6) is 0 Å². The molecule has 0 spiro atoms. The standard InChI is InChI=1S/C11H23N3O2/c1-9(11(15)13(3)4)14-5-6-16-10(8-14)7-12-2/h9-10,12H,5-8H2,1-4H3. The summed E-state index contributed by atoms with van der Waals surface area (Å²) in [5, 5.41) is 3.10. The molecule has 0 aromatic carbocycles. The number of amides is 1. The Balaban J connectivity index is 2.49. The number of morpholine rings is 1. The van der Waals surface area contributed by atoms with Crippen molar-refractivity contribution in [3.63, 3.8) is 0 Å². The largest absolute Gasteiger partial charge is 0.374 e. The molecular formula is C11H23N3O2. The Morgan fingerprint density at radius 3 is 2.88 bits per heavy atom. The van der Waals surface area contributed by atoms with Crippen molar-refractivity contribution in [3.8, 4) is 0 Å². The molecule has 0 aromatic heterocycles. The van der Waals surface area contributed by atoms with E-state index in [0.717, 1.165) is 19.6 Å². The van der Waals surface area contributed by atoms with Gasteiger partial charge in [0.05, 0.1) is 18.8 Å². The van der Waals surface area contributed by atoms with E-state index in [1.165, 1.54) is 0 Å². The van der Waals surface area contributed by atoms with Crippen LogP contribution < -0.4 is 5.32 Å². The number of hydrogen-bond acceptors (Lipinski definition) is 4. The SMILES string of the molecule is CNCC1CN(C(C)C(=O)N(C)C)CCO1. The van der Waals surface area contributed by atoms with Gasteiger partial charge in [-0.3, -0.25) is 9.69 Å². The quantitative estimate of drug-likeness (QED) is 0.698. The molecular weight excluding hydrogens is 206 g/mol. The van der Waals surface area contributed by atoms with Gasteiger partial charge < -0.3 is 15.0 Å². The van der Waals surface area contributed by atoms with Crippen LogP contribution in [0.25, 0.3) is 0 Å².